The van der Waals surface area contributed by atoms with E-state index in [0.29, 0.717) is 24.1 Å². The summed E-state index contributed by atoms with van der Waals surface area (Å²) in [6.07, 6.45) is 1.50. The van der Waals surface area contributed by atoms with Crippen LogP contribution in [0.3, 0.4) is 0 Å². The number of carbonyl (C=O) groups excluding carboxylic acids is 1. The molecule has 0 aliphatic rings. The smallest absolute Gasteiger partial charge is 0.244 e. The van der Waals surface area contributed by atoms with E-state index in [1.807, 2.05) is 30.3 Å². The summed E-state index contributed by atoms with van der Waals surface area (Å²) in [5, 5.41) is 3.30. The fourth-order valence-electron chi connectivity index (χ4n) is 1.87. The van der Waals surface area contributed by atoms with E-state index in [1.54, 1.807) is 19.1 Å². The maximum absolute atomic E-state index is 12.2. The molecule has 2 aromatic rings. The Morgan fingerprint density at radius 2 is 2.05 bits per heavy atom. The van der Waals surface area contributed by atoms with Crippen molar-refractivity contribution in [2.45, 2.75) is 12.5 Å². The van der Waals surface area contributed by atoms with E-state index in [2.05, 4.69) is 10.3 Å². The van der Waals surface area contributed by atoms with Crippen LogP contribution in [0, 0.1) is 0 Å². The van der Waals surface area contributed by atoms with Crippen LogP contribution in [0.15, 0.2) is 48.7 Å². The van der Waals surface area contributed by atoms with Crippen molar-refractivity contribution in [3.8, 4) is 5.88 Å². The number of hydrogen-bond donors (Lipinski definition) is 2. The lowest BCUT2D eigenvalue weighted by Crippen LogP contribution is -2.49. The summed E-state index contributed by atoms with van der Waals surface area (Å²) in [6.45, 7) is 2.31. The number of amides is 1. The number of nitrogens with zero attached hydrogens (tertiary/aromatic N) is 1. The minimum Gasteiger partial charge on any atom is -0.476 e. The number of ether oxygens (including phenoxy) is 1. The van der Waals surface area contributed by atoms with Crippen molar-refractivity contribution in [3.63, 3.8) is 0 Å². The minimum atomic E-state index is -1.08. The van der Waals surface area contributed by atoms with E-state index in [4.69, 9.17) is 22.1 Å². The molecule has 2 rings (SSSR count). The average Bonchev–Trinajstić information content (AvgIpc) is 2.54. The first-order chi connectivity index (χ1) is 10.5. The molecule has 5 nitrogen and oxygen atoms in total. The Morgan fingerprint density at radius 3 is 2.68 bits per heavy atom. The number of halogens is 1. The third-order valence-corrected chi connectivity index (χ3v) is 3.41. The van der Waals surface area contributed by atoms with Crippen LogP contribution in [0.2, 0.25) is 5.02 Å². The van der Waals surface area contributed by atoms with Gasteiger partial charge in [0.1, 0.15) is 12.1 Å². The number of pyridine rings is 1. The number of aromatic nitrogens is 1. The van der Waals surface area contributed by atoms with E-state index in [-0.39, 0.29) is 5.91 Å². The van der Waals surface area contributed by atoms with Crippen LogP contribution in [0.1, 0.15) is 12.5 Å². The Kier molecular flexibility index (Phi) is 5.35. The molecule has 0 spiro atoms. The zero-order valence-corrected chi connectivity index (χ0v) is 13.0. The van der Waals surface area contributed by atoms with Gasteiger partial charge in [-0.2, -0.15) is 0 Å². The van der Waals surface area contributed by atoms with Gasteiger partial charge in [0, 0.05) is 12.3 Å². The zero-order chi connectivity index (χ0) is 16.0. The molecule has 0 saturated carbocycles. The predicted octanol–water partition coefficient (Wildman–Crippen LogP) is 2.10. The van der Waals surface area contributed by atoms with Gasteiger partial charge in [-0.1, -0.05) is 41.9 Å². The van der Waals surface area contributed by atoms with Crippen LogP contribution in [0.5, 0.6) is 5.88 Å². The Morgan fingerprint density at radius 1 is 1.32 bits per heavy atom. The zero-order valence-electron chi connectivity index (χ0n) is 12.3. The first kappa shape index (κ1) is 16.3. The summed E-state index contributed by atoms with van der Waals surface area (Å²) in [4.78, 5) is 16.2. The van der Waals surface area contributed by atoms with Gasteiger partial charge in [0.15, 0.2) is 0 Å². The van der Waals surface area contributed by atoms with Crippen molar-refractivity contribution in [1.29, 1.82) is 0 Å². The quantitative estimate of drug-likeness (QED) is 0.799. The molecule has 22 heavy (non-hydrogen) atoms. The maximum Gasteiger partial charge on any atom is 0.244 e. The second kappa shape index (κ2) is 7.24. The van der Waals surface area contributed by atoms with Crippen molar-refractivity contribution >= 4 is 17.5 Å². The predicted molar refractivity (Wildman–Crippen MR) is 85.7 cm³/mol. The molecule has 116 valence electrons. The molecule has 0 aliphatic heterocycles. The number of hydrogen-bond acceptors (Lipinski definition) is 4. The lowest BCUT2D eigenvalue weighted by Gasteiger charge is -2.24. The topological polar surface area (TPSA) is 77.2 Å². The molecule has 1 atom stereocenters. The highest BCUT2D eigenvalue weighted by atomic mass is 35.5. The number of nitrogens with one attached hydrogen (secondary N) is 1. The summed E-state index contributed by atoms with van der Waals surface area (Å²) >= 11 is 5.73. The largest absolute Gasteiger partial charge is 0.476 e. The SMILES string of the molecule is CC(N)(C(=O)NCCOc1ccc(Cl)cn1)c1ccccc1. The Bertz CT molecular complexity index is 615. The summed E-state index contributed by atoms with van der Waals surface area (Å²) in [7, 11) is 0. The lowest BCUT2D eigenvalue weighted by atomic mass is 9.92. The van der Waals surface area contributed by atoms with Gasteiger partial charge in [-0.3, -0.25) is 4.79 Å². The van der Waals surface area contributed by atoms with Crippen molar-refractivity contribution in [3.05, 3.63) is 59.2 Å². The van der Waals surface area contributed by atoms with Gasteiger partial charge < -0.3 is 15.8 Å². The van der Waals surface area contributed by atoms with Crippen molar-refractivity contribution in [1.82, 2.24) is 10.3 Å². The molecule has 6 heteroatoms. The second-order valence-electron chi connectivity index (χ2n) is 4.99. The summed E-state index contributed by atoms with van der Waals surface area (Å²) < 4.78 is 5.40. The molecule has 1 unspecified atom stereocenters. The van der Waals surface area contributed by atoms with Crippen LogP contribution in [0.25, 0.3) is 0 Å². The molecule has 3 N–H and O–H groups in total. The normalized spacial score (nSPS) is 13.2. The van der Waals surface area contributed by atoms with Gasteiger partial charge in [0.25, 0.3) is 0 Å². The monoisotopic (exact) mass is 319 g/mol. The van der Waals surface area contributed by atoms with Gasteiger partial charge in [-0.15, -0.1) is 0 Å². The fraction of sp³-hybridized carbons (Fsp3) is 0.250. The van der Waals surface area contributed by atoms with E-state index >= 15 is 0 Å². The number of carbonyl (C=O) groups is 1. The summed E-state index contributed by atoms with van der Waals surface area (Å²) in [5.41, 5.74) is 5.79. The highest BCUT2D eigenvalue weighted by Crippen LogP contribution is 2.17. The summed E-state index contributed by atoms with van der Waals surface area (Å²) in [5.74, 6) is 0.198. The Balaban J connectivity index is 1.81. The molecule has 0 saturated heterocycles. The van der Waals surface area contributed by atoms with Gasteiger partial charge in [-0.05, 0) is 18.6 Å². The first-order valence-electron chi connectivity index (χ1n) is 6.87. The molecule has 1 aromatic heterocycles. The van der Waals surface area contributed by atoms with Crippen LogP contribution < -0.4 is 15.8 Å². The molecule has 0 aliphatic carbocycles. The minimum absolute atomic E-state index is 0.258. The van der Waals surface area contributed by atoms with E-state index in [1.165, 1.54) is 6.20 Å². The first-order valence-corrected chi connectivity index (χ1v) is 7.25. The highest BCUT2D eigenvalue weighted by molar-refractivity contribution is 6.30. The molecule has 0 fully saturated rings. The van der Waals surface area contributed by atoms with E-state index < -0.39 is 5.54 Å². The third kappa shape index (κ3) is 4.19. The molecule has 1 heterocycles. The van der Waals surface area contributed by atoms with E-state index in [9.17, 15) is 4.79 Å². The number of benzene rings is 1. The highest BCUT2D eigenvalue weighted by Gasteiger charge is 2.29. The van der Waals surface area contributed by atoms with Crippen LogP contribution >= 0.6 is 11.6 Å². The van der Waals surface area contributed by atoms with Gasteiger partial charge >= 0.3 is 0 Å². The number of rotatable bonds is 6. The standard InChI is InChI=1S/C16H18ClN3O2/c1-16(18,12-5-3-2-4-6-12)15(21)19-9-10-22-14-8-7-13(17)11-20-14/h2-8,11H,9-10,18H2,1H3,(H,19,21). The third-order valence-electron chi connectivity index (χ3n) is 3.18. The second-order valence-corrected chi connectivity index (χ2v) is 5.42. The number of nitrogens with two attached hydrogens (primary N) is 1. The van der Waals surface area contributed by atoms with Gasteiger partial charge in [0.2, 0.25) is 11.8 Å². The van der Waals surface area contributed by atoms with Crippen molar-refractivity contribution in [2.24, 2.45) is 5.73 Å². The van der Waals surface area contributed by atoms with Gasteiger partial charge in [0.05, 0.1) is 11.6 Å². The lowest BCUT2D eigenvalue weighted by molar-refractivity contribution is -0.126. The Hall–Kier alpha value is -2.11. The van der Waals surface area contributed by atoms with Crippen LogP contribution in [0.4, 0.5) is 0 Å². The molecular weight excluding hydrogens is 302 g/mol. The molecular formula is C16H18ClN3O2. The Labute approximate surface area is 134 Å². The molecule has 0 bridgehead atoms. The average molecular weight is 320 g/mol. The molecule has 1 aromatic carbocycles. The van der Waals surface area contributed by atoms with Crippen LogP contribution in [-0.4, -0.2) is 24.0 Å². The molecule has 0 radical (unpaired) electrons. The van der Waals surface area contributed by atoms with Gasteiger partial charge in [-0.25, -0.2) is 4.98 Å². The summed E-state index contributed by atoms with van der Waals surface area (Å²) in [6, 6.07) is 12.6. The van der Waals surface area contributed by atoms with Crippen molar-refractivity contribution in [2.75, 3.05) is 13.2 Å². The van der Waals surface area contributed by atoms with Crippen molar-refractivity contribution < 1.29 is 9.53 Å². The molecule has 1 amide bonds. The maximum atomic E-state index is 12.2. The fourth-order valence-corrected chi connectivity index (χ4v) is 1.98. The van der Waals surface area contributed by atoms with Crippen LogP contribution in [-0.2, 0) is 10.3 Å². The van der Waals surface area contributed by atoms with E-state index in [0.717, 1.165) is 5.56 Å².